The zero-order valence-corrected chi connectivity index (χ0v) is 10.0. The lowest BCUT2D eigenvalue weighted by Crippen LogP contribution is -2.39. The number of ether oxygens (including phenoxy) is 1. The molecule has 0 aliphatic rings. The summed E-state index contributed by atoms with van der Waals surface area (Å²) >= 11 is 0. The van der Waals surface area contributed by atoms with Gasteiger partial charge in [0.2, 0.25) is 0 Å². The summed E-state index contributed by atoms with van der Waals surface area (Å²) in [7, 11) is 3.23. The van der Waals surface area contributed by atoms with Crippen molar-refractivity contribution < 1.29 is 19.4 Å². The Labute approximate surface area is 95.6 Å². The van der Waals surface area contributed by atoms with Crippen LogP contribution < -0.4 is 5.32 Å². The maximum atomic E-state index is 11.4. The fourth-order valence-electron chi connectivity index (χ4n) is 0.984. The van der Waals surface area contributed by atoms with Gasteiger partial charge in [0, 0.05) is 27.2 Å². The van der Waals surface area contributed by atoms with Crippen LogP contribution in [0.3, 0.4) is 0 Å². The summed E-state index contributed by atoms with van der Waals surface area (Å²) in [5.41, 5.74) is 0. The summed E-state index contributed by atoms with van der Waals surface area (Å²) in [4.78, 5) is 23.4. The van der Waals surface area contributed by atoms with Crippen LogP contribution in [0.15, 0.2) is 0 Å². The predicted molar refractivity (Wildman–Crippen MR) is 59.3 cm³/mol. The molecule has 1 atom stereocenters. The van der Waals surface area contributed by atoms with Crippen molar-refractivity contribution in [3.05, 3.63) is 0 Å². The lowest BCUT2D eigenvalue weighted by molar-refractivity contribution is -0.141. The monoisotopic (exact) mass is 232 g/mol. The molecule has 0 aromatic rings. The van der Waals surface area contributed by atoms with E-state index in [9.17, 15) is 9.59 Å². The average Bonchev–Trinajstić information content (AvgIpc) is 2.25. The molecule has 0 fully saturated rings. The van der Waals surface area contributed by atoms with Crippen LogP contribution in [-0.2, 0) is 9.53 Å². The highest BCUT2D eigenvalue weighted by atomic mass is 16.5. The van der Waals surface area contributed by atoms with Crippen LogP contribution in [0.4, 0.5) is 4.79 Å². The van der Waals surface area contributed by atoms with E-state index in [1.165, 1.54) is 4.90 Å². The first-order chi connectivity index (χ1) is 7.49. The van der Waals surface area contributed by atoms with Crippen LogP contribution in [0.25, 0.3) is 0 Å². The molecule has 6 heteroatoms. The van der Waals surface area contributed by atoms with Crippen molar-refractivity contribution >= 4 is 12.0 Å². The Hall–Kier alpha value is -1.30. The SMILES string of the molecule is COCCN(C)C(=O)NCCC(C)C(=O)O. The minimum Gasteiger partial charge on any atom is -0.481 e. The molecule has 2 N–H and O–H groups in total. The van der Waals surface area contributed by atoms with Crippen LogP contribution >= 0.6 is 0 Å². The molecular weight excluding hydrogens is 212 g/mol. The van der Waals surface area contributed by atoms with Gasteiger partial charge in [0.15, 0.2) is 0 Å². The van der Waals surface area contributed by atoms with Gasteiger partial charge in [-0.25, -0.2) is 4.79 Å². The van der Waals surface area contributed by atoms with Crippen LogP contribution in [0.5, 0.6) is 0 Å². The molecule has 6 nitrogen and oxygen atoms in total. The van der Waals surface area contributed by atoms with Crippen molar-refractivity contribution in [1.82, 2.24) is 10.2 Å². The van der Waals surface area contributed by atoms with Gasteiger partial charge in [-0.05, 0) is 6.42 Å². The number of methoxy groups -OCH3 is 1. The first-order valence-electron chi connectivity index (χ1n) is 5.19. The summed E-state index contributed by atoms with van der Waals surface area (Å²) in [6, 6.07) is -0.213. The second kappa shape index (κ2) is 7.92. The molecule has 94 valence electrons. The maximum absolute atomic E-state index is 11.4. The first kappa shape index (κ1) is 14.7. The molecule has 0 aromatic heterocycles. The lowest BCUT2D eigenvalue weighted by atomic mass is 10.1. The molecule has 0 radical (unpaired) electrons. The molecule has 0 aliphatic carbocycles. The molecule has 0 rings (SSSR count). The number of nitrogens with one attached hydrogen (secondary N) is 1. The number of urea groups is 1. The minimum absolute atomic E-state index is 0.213. The Bertz CT molecular complexity index is 233. The van der Waals surface area contributed by atoms with Gasteiger partial charge >= 0.3 is 12.0 Å². The maximum Gasteiger partial charge on any atom is 0.317 e. The molecule has 2 amide bonds. The smallest absolute Gasteiger partial charge is 0.317 e. The summed E-state index contributed by atoms with van der Waals surface area (Å²) < 4.78 is 4.84. The summed E-state index contributed by atoms with van der Waals surface area (Å²) in [5.74, 6) is -1.29. The molecule has 1 unspecified atom stereocenters. The number of carboxylic acids is 1. The fourth-order valence-corrected chi connectivity index (χ4v) is 0.984. The Morgan fingerprint density at radius 2 is 2.12 bits per heavy atom. The molecule has 0 saturated heterocycles. The average molecular weight is 232 g/mol. The van der Waals surface area contributed by atoms with Crippen molar-refractivity contribution in [3.8, 4) is 0 Å². The standard InChI is InChI=1S/C10H20N2O4/c1-8(9(13)14)4-5-11-10(15)12(2)6-7-16-3/h8H,4-7H2,1-3H3,(H,11,15)(H,13,14). The second-order valence-corrected chi connectivity index (χ2v) is 3.67. The van der Waals surface area contributed by atoms with Crippen molar-refractivity contribution in [2.45, 2.75) is 13.3 Å². The van der Waals surface area contributed by atoms with E-state index in [0.717, 1.165) is 0 Å². The van der Waals surface area contributed by atoms with E-state index >= 15 is 0 Å². The highest BCUT2D eigenvalue weighted by molar-refractivity contribution is 5.74. The summed E-state index contributed by atoms with van der Waals surface area (Å²) in [6.45, 7) is 2.97. The normalized spacial score (nSPS) is 11.9. The highest BCUT2D eigenvalue weighted by Crippen LogP contribution is 1.99. The number of nitrogens with zero attached hydrogens (tertiary/aromatic N) is 1. The number of aliphatic carboxylic acids is 1. The molecule has 0 aliphatic heterocycles. The largest absolute Gasteiger partial charge is 0.481 e. The quantitative estimate of drug-likeness (QED) is 0.665. The van der Waals surface area contributed by atoms with Crippen LogP contribution in [-0.4, -0.2) is 55.9 Å². The minimum atomic E-state index is -0.845. The van der Waals surface area contributed by atoms with Crippen molar-refractivity contribution in [2.24, 2.45) is 5.92 Å². The lowest BCUT2D eigenvalue weighted by Gasteiger charge is -2.17. The zero-order chi connectivity index (χ0) is 12.6. The van der Waals surface area contributed by atoms with Crippen LogP contribution in [0.1, 0.15) is 13.3 Å². The van der Waals surface area contributed by atoms with Gasteiger partial charge in [-0.3, -0.25) is 4.79 Å². The molecular formula is C10H20N2O4. The number of rotatable bonds is 7. The Morgan fingerprint density at radius 1 is 1.50 bits per heavy atom. The topological polar surface area (TPSA) is 78.9 Å². The second-order valence-electron chi connectivity index (χ2n) is 3.67. The van der Waals surface area contributed by atoms with E-state index in [0.29, 0.717) is 26.1 Å². The van der Waals surface area contributed by atoms with Crippen molar-refractivity contribution in [2.75, 3.05) is 33.9 Å². The van der Waals surface area contributed by atoms with E-state index in [4.69, 9.17) is 9.84 Å². The van der Waals surface area contributed by atoms with Crippen LogP contribution in [0.2, 0.25) is 0 Å². The van der Waals surface area contributed by atoms with Gasteiger partial charge in [0.1, 0.15) is 0 Å². The van der Waals surface area contributed by atoms with Crippen LogP contribution in [0, 0.1) is 5.92 Å². The van der Waals surface area contributed by atoms with Gasteiger partial charge in [0.05, 0.1) is 12.5 Å². The Morgan fingerprint density at radius 3 is 2.62 bits per heavy atom. The Kier molecular flexibility index (Phi) is 7.28. The molecule has 0 bridgehead atoms. The van der Waals surface area contributed by atoms with Crippen molar-refractivity contribution in [1.29, 1.82) is 0 Å². The number of amides is 2. The van der Waals surface area contributed by atoms with E-state index in [2.05, 4.69) is 5.32 Å². The Balaban J connectivity index is 3.68. The third-order valence-corrected chi connectivity index (χ3v) is 2.25. The van der Waals surface area contributed by atoms with E-state index in [1.807, 2.05) is 0 Å². The predicted octanol–water partition coefficient (Wildman–Crippen LogP) is 0.385. The number of likely N-dealkylation sites (N-methyl/N-ethyl adjacent to an activating group) is 1. The van der Waals surface area contributed by atoms with E-state index in [-0.39, 0.29) is 6.03 Å². The molecule has 16 heavy (non-hydrogen) atoms. The molecule has 0 spiro atoms. The number of carbonyl (C=O) groups is 2. The highest BCUT2D eigenvalue weighted by Gasteiger charge is 2.12. The molecule has 0 aromatic carbocycles. The summed E-state index contributed by atoms with van der Waals surface area (Å²) in [5, 5.41) is 11.3. The van der Waals surface area contributed by atoms with Gasteiger partial charge < -0.3 is 20.1 Å². The number of hydrogen-bond acceptors (Lipinski definition) is 3. The van der Waals surface area contributed by atoms with Gasteiger partial charge in [-0.2, -0.15) is 0 Å². The zero-order valence-electron chi connectivity index (χ0n) is 10.0. The number of carbonyl (C=O) groups excluding carboxylic acids is 1. The molecule has 0 saturated carbocycles. The van der Waals surface area contributed by atoms with E-state index in [1.54, 1.807) is 21.1 Å². The molecule has 0 heterocycles. The third kappa shape index (κ3) is 6.23. The first-order valence-corrected chi connectivity index (χ1v) is 5.19. The number of carboxylic acid groups (broad SMARTS) is 1. The third-order valence-electron chi connectivity index (χ3n) is 2.25. The van der Waals surface area contributed by atoms with Gasteiger partial charge in [0.25, 0.3) is 0 Å². The van der Waals surface area contributed by atoms with Gasteiger partial charge in [-0.15, -0.1) is 0 Å². The van der Waals surface area contributed by atoms with Crippen molar-refractivity contribution in [3.63, 3.8) is 0 Å². The van der Waals surface area contributed by atoms with E-state index < -0.39 is 11.9 Å². The summed E-state index contributed by atoms with van der Waals surface area (Å²) in [6.07, 6.45) is 0.430. The number of hydrogen-bond donors (Lipinski definition) is 2. The van der Waals surface area contributed by atoms with Gasteiger partial charge in [-0.1, -0.05) is 6.92 Å². The fraction of sp³-hybridized carbons (Fsp3) is 0.800.